The Morgan fingerprint density at radius 3 is 2.47 bits per heavy atom. The number of unbranched alkanes of at least 4 members (excludes halogenated alkanes) is 3. The molecule has 0 atom stereocenters. The molecular weight excluding hydrogens is 214 g/mol. The number of aliphatic hydroxyl groups is 1. The highest BCUT2D eigenvalue weighted by molar-refractivity contribution is 5.54. The van der Waals surface area contributed by atoms with Crippen LogP contribution in [-0.4, -0.2) is 18.3 Å². The lowest BCUT2D eigenvalue weighted by Gasteiger charge is -2.11. The monoisotopic (exact) mass is 237 g/mol. The third kappa shape index (κ3) is 4.65. The number of ether oxygens (including phenoxy) is 1. The lowest BCUT2D eigenvalue weighted by molar-refractivity contribution is 0.273. The number of hydrogen-bond donors (Lipinski definition) is 2. The third-order valence-corrected chi connectivity index (χ3v) is 2.87. The average Bonchev–Trinajstić information content (AvgIpc) is 2.30. The molecule has 0 fully saturated rings. The van der Waals surface area contributed by atoms with Gasteiger partial charge < -0.3 is 15.6 Å². The number of nitrogens with two attached hydrogens (primary N) is 1. The lowest BCUT2D eigenvalue weighted by Crippen LogP contribution is -2.01. The van der Waals surface area contributed by atoms with Crippen molar-refractivity contribution in [2.45, 2.75) is 39.5 Å². The standard InChI is InChI=1S/C14H23NO2/c1-11-9-12(2)14(10-13(11)15)17-8-6-4-3-5-7-16/h9-10,16H,3-8,15H2,1-2H3. The van der Waals surface area contributed by atoms with E-state index in [1.807, 2.05) is 19.9 Å². The molecule has 1 aromatic carbocycles. The van der Waals surface area contributed by atoms with Crippen molar-refractivity contribution in [1.29, 1.82) is 0 Å². The molecule has 0 saturated carbocycles. The van der Waals surface area contributed by atoms with Crippen molar-refractivity contribution in [2.24, 2.45) is 0 Å². The van der Waals surface area contributed by atoms with Crippen LogP contribution in [0, 0.1) is 13.8 Å². The molecule has 0 aliphatic rings. The minimum atomic E-state index is 0.286. The van der Waals surface area contributed by atoms with Crippen LogP contribution in [0.4, 0.5) is 5.69 Å². The SMILES string of the molecule is Cc1cc(C)c(OCCCCCCO)cc1N. The molecule has 0 aliphatic carbocycles. The summed E-state index contributed by atoms with van der Waals surface area (Å²) in [5.41, 5.74) is 8.86. The van der Waals surface area contributed by atoms with Gasteiger partial charge in [0.2, 0.25) is 0 Å². The summed E-state index contributed by atoms with van der Waals surface area (Å²) in [4.78, 5) is 0. The van der Waals surface area contributed by atoms with E-state index in [0.29, 0.717) is 0 Å². The summed E-state index contributed by atoms with van der Waals surface area (Å²) in [5, 5.41) is 8.65. The third-order valence-electron chi connectivity index (χ3n) is 2.87. The molecule has 0 radical (unpaired) electrons. The molecule has 3 nitrogen and oxygen atoms in total. The van der Waals surface area contributed by atoms with Crippen LogP contribution in [0.25, 0.3) is 0 Å². The first kappa shape index (κ1) is 13.8. The van der Waals surface area contributed by atoms with E-state index in [-0.39, 0.29) is 6.61 Å². The van der Waals surface area contributed by atoms with Gasteiger partial charge in [-0.3, -0.25) is 0 Å². The topological polar surface area (TPSA) is 55.5 Å². The van der Waals surface area contributed by atoms with E-state index in [0.717, 1.165) is 54.9 Å². The molecule has 0 amide bonds. The largest absolute Gasteiger partial charge is 0.493 e. The van der Waals surface area contributed by atoms with Crippen LogP contribution in [0.1, 0.15) is 36.8 Å². The van der Waals surface area contributed by atoms with E-state index in [9.17, 15) is 0 Å². The first-order chi connectivity index (χ1) is 8.15. The zero-order valence-electron chi connectivity index (χ0n) is 10.8. The second-order valence-electron chi connectivity index (χ2n) is 4.46. The van der Waals surface area contributed by atoms with Gasteiger partial charge in [0.05, 0.1) is 6.61 Å². The lowest BCUT2D eigenvalue weighted by atomic mass is 10.1. The van der Waals surface area contributed by atoms with Crippen LogP contribution in [0.2, 0.25) is 0 Å². The van der Waals surface area contributed by atoms with Crippen LogP contribution in [0.15, 0.2) is 12.1 Å². The van der Waals surface area contributed by atoms with E-state index in [4.69, 9.17) is 15.6 Å². The van der Waals surface area contributed by atoms with Crippen LogP contribution >= 0.6 is 0 Å². The Hall–Kier alpha value is -1.22. The molecule has 3 heteroatoms. The maximum Gasteiger partial charge on any atom is 0.124 e. The summed E-state index contributed by atoms with van der Waals surface area (Å²) >= 11 is 0. The molecule has 0 bridgehead atoms. The Morgan fingerprint density at radius 2 is 1.76 bits per heavy atom. The number of aliphatic hydroxyl groups excluding tert-OH is 1. The molecule has 17 heavy (non-hydrogen) atoms. The maximum absolute atomic E-state index is 8.65. The Kier molecular flexibility index (Phi) is 5.84. The van der Waals surface area contributed by atoms with Crippen molar-refractivity contribution in [2.75, 3.05) is 18.9 Å². The van der Waals surface area contributed by atoms with Gasteiger partial charge in [-0.2, -0.15) is 0 Å². The Labute approximate surface area is 104 Å². The second kappa shape index (κ2) is 7.17. The van der Waals surface area contributed by atoms with Crippen molar-refractivity contribution < 1.29 is 9.84 Å². The Morgan fingerprint density at radius 1 is 1.06 bits per heavy atom. The van der Waals surface area contributed by atoms with Crippen molar-refractivity contribution in [3.8, 4) is 5.75 Å². The molecule has 1 aromatic rings. The van der Waals surface area contributed by atoms with Crippen LogP contribution in [-0.2, 0) is 0 Å². The molecule has 0 unspecified atom stereocenters. The molecule has 3 N–H and O–H groups in total. The van der Waals surface area contributed by atoms with Crippen LogP contribution in [0.5, 0.6) is 5.75 Å². The summed E-state index contributed by atoms with van der Waals surface area (Å²) in [6.07, 6.45) is 4.07. The highest BCUT2D eigenvalue weighted by atomic mass is 16.5. The zero-order chi connectivity index (χ0) is 12.7. The molecule has 0 saturated heterocycles. The summed E-state index contributed by atoms with van der Waals surface area (Å²) in [5.74, 6) is 0.884. The quantitative estimate of drug-likeness (QED) is 0.566. The highest BCUT2D eigenvalue weighted by Gasteiger charge is 2.03. The minimum Gasteiger partial charge on any atom is -0.493 e. The van der Waals surface area contributed by atoms with Gasteiger partial charge in [-0.25, -0.2) is 0 Å². The molecule has 96 valence electrons. The zero-order valence-corrected chi connectivity index (χ0v) is 10.8. The van der Waals surface area contributed by atoms with Gasteiger partial charge >= 0.3 is 0 Å². The number of benzene rings is 1. The summed E-state index contributed by atoms with van der Waals surface area (Å²) in [6, 6.07) is 3.95. The fourth-order valence-corrected chi connectivity index (χ4v) is 1.75. The van der Waals surface area contributed by atoms with Gasteiger partial charge in [-0.05, 0) is 44.2 Å². The number of hydrogen-bond acceptors (Lipinski definition) is 3. The van der Waals surface area contributed by atoms with Gasteiger partial charge in [0.1, 0.15) is 5.75 Å². The Balaban J connectivity index is 2.34. The minimum absolute atomic E-state index is 0.286. The smallest absolute Gasteiger partial charge is 0.124 e. The van der Waals surface area contributed by atoms with Crippen molar-refractivity contribution >= 4 is 5.69 Å². The van der Waals surface area contributed by atoms with Crippen LogP contribution < -0.4 is 10.5 Å². The number of aryl methyl sites for hydroxylation is 2. The summed E-state index contributed by atoms with van der Waals surface area (Å²) in [7, 11) is 0. The molecule has 0 heterocycles. The molecule has 0 aliphatic heterocycles. The Bertz CT molecular complexity index is 350. The van der Waals surface area contributed by atoms with E-state index in [1.165, 1.54) is 0 Å². The average molecular weight is 237 g/mol. The maximum atomic E-state index is 8.65. The van der Waals surface area contributed by atoms with E-state index in [1.54, 1.807) is 0 Å². The normalized spacial score (nSPS) is 10.5. The molecular formula is C14H23NO2. The van der Waals surface area contributed by atoms with Gasteiger partial charge in [0.15, 0.2) is 0 Å². The molecule has 0 aromatic heterocycles. The highest BCUT2D eigenvalue weighted by Crippen LogP contribution is 2.24. The fourth-order valence-electron chi connectivity index (χ4n) is 1.75. The number of anilines is 1. The van der Waals surface area contributed by atoms with E-state index in [2.05, 4.69) is 6.07 Å². The predicted molar refractivity (Wildman–Crippen MR) is 71.4 cm³/mol. The number of nitrogen functional groups attached to an aromatic ring is 1. The first-order valence-electron chi connectivity index (χ1n) is 6.25. The summed E-state index contributed by atoms with van der Waals surface area (Å²) < 4.78 is 5.71. The van der Waals surface area contributed by atoms with Crippen LogP contribution in [0.3, 0.4) is 0 Å². The summed E-state index contributed by atoms with van der Waals surface area (Å²) in [6.45, 7) is 5.04. The van der Waals surface area contributed by atoms with Crippen molar-refractivity contribution in [3.63, 3.8) is 0 Å². The van der Waals surface area contributed by atoms with Gasteiger partial charge in [0, 0.05) is 18.4 Å². The van der Waals surface area contributed by atoms with E-state index >= 15 is 0 Å². The van der Waals surface area contributed by atoms with Crippen molar-refractivity contribution in [1.82, 2.24) is 0 Å². The van der Waals surface area contributed by atoms with Gasteiger partial charge in [-0.1, -0.05) is 12.5 Å². The second-order valence-corrected chi connectivity index (χ2v) is 4.46. The molecule has 0 spiro atoms. The molecule has 1 rings (SSSR count). The van der Waals surface area contributed by atoms with Gasteiger partial charge in [-0.15, -0.1) is 0 Å². The van der Waals surface area contributed by atoms with Crippen molar-refractivity contribution in [3.05, 3.63) is 23.3 Å². The van der Waals surface area contributed by atoms with E-state index < -0.39 is 0 Å². The number of rotatable bonds is 7. The van der Waals surface area contributed by atoms with Gasteiger partial charge in [0.25, 0.3) is 0 Å². The fraction of sp³-hybridized carbons (Fsp3) is 0.571. The predicted octanol–water partition coefficient (Wildman–Crippen LogP) is 2.82. The first-order valence-corrected chi connectivity index (χ1v) is 6.25.